The normalized spacial score (nSPS) is 11.8. The van der Waals surface area contributed by atoms with Crippen LogP contribution in [0.25, 0.3) is 0 Å². The van der Waals surface area contributed by atoms with Crippen molar-refractivity contribution in [2.75, 3.05) is 0 Å². The average molecular weight is 265 g/mol. The van der Waals surface area contributed by atoms with Gasteiger partial charge in [0.05, 0.1) is 0 Å². The largest absolute Gasteiger partial charge is 0.439 e. The van der Waals surface area contributed by atoms with Gasteiger partial charge in [0.25, 0.3) is 12.0 Å². The molecular weight excluding hydrogens is 257 g/mol. The van der Waals surface area contributed by atoms with Crippen molar-refractivity contribution in [3.8, 4) is 0 Å². The molecule has 1 N–H and O–H groups in total. The summed E-state index contributed by atoms with van der Waals surface area (Å²) in [7, 11) is 0. The number of nitrogens with zero attached hydrogens (tertiary/aromatic N) is 2. The summed E-state index contributed by atoms with van der Waals surface area (Å²) >= 11 is 0. The van der Waals surface area contributed by atoms with Crippen molar-refractivity contribution >= 4 is 6.47 Å². The van der Waals surface area contributed by atoms with Gasteiger partial charge in [0.1, 0.15) is 0 Å². The van der Waals surface area contributed by atoms with Crippen LogP contribution in [-0.4, -0.2) is 21.0 Å². The van der Waals surface area contributed by atoms with Gasteiger partial charge in [-0.25, -0.2) is 9.36 Å². The number of hydrogen-bond acceptors (Lipinski definition) is 5. The van der Waals surface area contributed by atoms with Crippen LogP contribution in [0.15, 0.2) is 40.3 Å². The van der Waals surface area contributed by atoms with Gasteiger partial charge in [-0.15, -0.1) is 0 Å². The Morgan fingerprint density at radius 3 is 2.89 bits per heavy atom. The maximum absolute atomic E-state index is 13.2. The van der Waals surface area contributed by atoms with E-state index >= 15 is 0 Å². The predicted octanol–water partition coefficient (Wildman–Crippen LogP) is -0.209. The third-order valence-corrected chi connectivity index (χ3v) is 2.35. The van der Waals surface area contributed by atoms with Crippen molar-refractivity contribution in [2.45, 2.75) is 6.23 Å². The highest BCUT2D eigenvalue weighted by Gasteiger charge is 2.20. The Morgan fingerprint density at radius 1 is 1.47 bits per heavy atom. The van der Waals surface area contributed by atoms with Crippen LogP contribution in [0, 0.1) is 5.82 Å². The number of nitrogens with one attached hydrogen (secondary N) is 1. The molecule has 8 heteroatoms. The molecule has 0 aromatic carbocycles. The predicted molar refractivity (Wildman–Crippen MR) is 60.8 cm³/mol. The Kier molecular flexibility index (Phi) is 3.51. The van der Waals surface area contributed by atoms with Crippen molar-refractivity contribution in [1.82, 2.24) is 14.5 Å². The Labute approximate surface area is 105 Å². The lowest BCUT2D eigenvalue weighted by atomic mass is 10.2. The van der Waals surface area contributed by atoms with Crippen LogP contribution in [0.2, 0.25) is 0 Å². The molecule has 2 aromatic heterocycles. The molecule has 0 spiro atoms. The number of rotatable bonds is 4. The van der Waals surface area contributed by atoms with Gasteiger partial charge < -0.3 is 9.72 Å². The number of aromatic nitrogens is 3. The SMILES string of the molecule is O=COC(c1cccnc1)n1c(=O)[nH]cc(F)c1=O. The van der Waals surface area contributed by atoms with Gasteiger partial charge in [0, 0.05) is 24.2 Å². The topological polar surface area (TPSA) is 94.0 Å². The first-order valence-corrected chi connectivity index (χ1v) is 5.14. The molecule has 1 atom stereocenters. The van der Waals surface area contributed by atoms with E-state index in [9.17, 15) is 18.8 Å². The number of ether oxygens (including phenoxy) is 1. The summed E-state index contributed by atoms with van der Waals surface area (Å²) in [4.78, 5) is 39.6. The molecule has 0 fully saturated rings. The fraction of sp³-hybridized carbons (Fsp3) is 0.0909. The lowest BCUT2D eigenvalue weighted by molar-refractivity contribution is -0.135. The summed E-state index contributed by atoms with van der Waals surface area (Å²) in [6.07, 6.45) is 2.02. The van der Waals surface area contributed by atoms with Gasteiger partial charge in [-0.2, -0.15) is 4.39 Å². The summed E-state index contributed by atoms with van der Waals surface area (Å²) in [5.41, 5.74) is -1.84. The van der Waals surface area contributed by atoms with E-state index in [1.807, 2.05) is 4.98 Å². The second kappa shape index (κ2) is 5.25. The molecule has 2 heterocycles. The summed E-state index contributed by atoms with van der Waals surface area (Å²) in [5.74, 6) is -1.16. The Bertz CT molecular complexity index is 695. The van der Waals surface area contributed by atoms with Crippen LogP contribution >= 0.6 is 0 Å². The van der Waals surface area contributed by atoms with E-state index < -0.39 is 23.3 Å². The minimum absolute atomic E-state index is 0.0639. The van der Waals surface area contributed by atoms with Crippen molar-refractivity contribution in [3.63, 3.8) is 0 Å². The van der Waals surface area contributed by atoms with Gasteiger partial charge >= 0.3 is 5.69 Å². The Hall–Kier alpha value is -2.77. The highest BCUT2D eigenvalue weighted by molar-refractivity contribution is 5.38. The van der Waals surface area contributed by atoms with Crippen molar-refractivity contribution in [2.24, 2.45) is 0 Å². The van der Waals surface area contributed by atoms with Gasteiger partial charge in [-0.1, -0.05) is 6.07 Å². The first-order chi connectivity index (χ1) is 9.15. The molecule has 0 aliphatic rings. The standard InChI is InChI=1S/C11H8FN3O4/c12-8-5-14-11(18)15(9(8)17)10(19-6-16)7-2-1-3-13-4-7/h1-6,10H,(H,14,18). The van der Waals surface area contributed by atoms with Gasteiger partial charge in [0.2, 0.25) is 12.0 Å². The van der Waals surface area contributed by atoms with Crippen LogP contribution < -0.4 is 11.2 Å². The van der Waals surface area contributed by atoms with Crippen molar-refractivity contribution in [1.29, 1.82) is 0 Å². The van der Waals surface area contributed by atoms with Crippen molar-refractivity contribution < 1.29 is 13.9 Å². The number of H-pyrrole nitrogens is 1. The molecule has 2 rings (SSSR count). The molecule has 0 amide bonds. The quantitative estimate of drug-likeness (QED) is 0.772. The molecular formula is C11H8FN3O4. The van der Waals surface area contributed by atoms with Crippen LogP contribution in [0.1, 0.15) is 11.8 Å². The molecule has 0 saturated carbocycles. The lowest BCUT2D eigenvalue weighted by Crippen LogP contribution is -2.40. The maximum Gasteiger partial charge on any atom is 0.331 e. The molecule has 19 heavy (non-hydrogen) atoms. The minimum Gasteiger partial charge on any atom is -0.439 e. The summed E-state index contributed by atoms with van der Waals surface area (Å²) in [6, 6.07) is 3.01. The second-order valence-electron chi connectivity index (χ2n) is 3.49. The van der Waals surface area contributed by atoms with Crippen molar-refractivity contribution in [3.05, 3.63) is 62.9 Å². The number of aromatic amines is 1. The van der Waals surface area contributed by atoms with E-state index in [1.54, 1.807) is 0 Å². The molecule has 0 aliphatic heterocycles. The highest BCUT2D eigenvalue weighted by atomic mass is 19.1. The van der Waals surface area contributed by atoms with Gasteiger partial charge in [-0.3, -0.25) is 14.6 Å². The highest BCUT2D eigenvalue weighted by Crippen LogP contribution is 2.14. The summed E-state index contributed by atoms with van der Waals surface area (Å²) in [5, 5.41) is 0. The molecule has 98 valence electrons. The molecule has 0 bridgehead atoms. The van der Waals surface area contributed by atoms with Crippen LogP contribution in [0.3, 0.4) is 0 Å². The minimum atomic E-state index is -1.38. The fourth-order valence-electron chi connectivity index (χ4n) is 1.54. The molecule has 0 radical (unpaired) electrons. The third kappa shape index (κ3) is 2.41. The van der Waals surface area contributed by atoms with Crippen LogP contribution in [0.5, 0.6) is 0 Å². The summed E-state index contributed by atoms with van der Waals surface area (Å²) in [6.45, 7) is 0.0639. The van der Waals surface area contributed by atoms with Crippen LogP contribution in [0.4, 0.5) is 4.39 Å². The molecule has 0 aliphatic carbocycles. The monoisotopic (exact) mass is 265 g/mol. The molecule has 2 aromatic rings. The zero-order valence-corrected chi connectivity index (χ0v) is 9.45. The lowest BCUT2D eigenvalue weighted by Gasteiger charge is -2.16. The number of halogens is 1. The molecule has 7 nitrogen and oxygen atoms in total. The van der Waals surface area contributed by atoms with E-state index in [4.69, 9.17) is 0 Å². The number of pyridine rings is 1. The average Bonchev–Trinajstić information content (AvgIpc) is 2.43. The smallest absolute Gasteiger partial charge is 0.331 e. The zero-order valence-electron chi connectivity index (χ0n) is 9.45. The summed E-state index contributed by atoms with van der Waals surface area (Å²) < 4.78 is 18.4. The first kappa shape index (κ1) is 12.7. The third-order valence-electron chi connectivity index (χ3n) is 2.35. The number of carbonyl (C=O) groups is 1. The van der Waals surface area contributed by atoms with E-state index in [1.165, 1.54) is 24.5 Å². The van der Waals surface area contributed by atoms with Gasteiger partial charge in [0.15, 0.2) is 0 Å². The van der Waals surface area contributed by atoms with E-state index in [-0.39, 0.29) is 12.0 Å². The second-order valence-corrected chi connectivity index (χ2v) is 3.49. The molecule has 0 saturated heterocycles. The van der Waals surface area contributed by atoms with Crippen LogP contribution in [-0.2, 0) is 9.53 Å². The maximum atomic E-state index is 13.2. The molecule has 1 unspecified atom stereocenters. The Morgan fingerprint density at radius 2 is 2.26 bits per heavy atom. The van der Waals surface area contributed by atoms with E-state index in [0.29, 0.717) is 10.8 Å². The fourth-order valence-corrected chi connectivity index (χ4v) is 1.54. The van der Waals surface area contributed by atoms with E-state index in [0.717, 1.165) is 0 Å². The van der Waals surface area contributed by atoms with E-state index in [2.05, 4.69) is 9.72 Å². The first-order valence-electron chi connectivity index (χ1n) is 5.14. The number of hydrogen-bond donors (Lipinski definition) is 1. The zero-order chi connectivity index (χ0) is 13.8. The van der Waals surface area contributed by atoms with Gasteiger partial charge in [-0.05, 0) is 6.07 Å². The Balaban J connectivity index is 2.65. The number of carbonyl (C=O) groups excluding carboxylic acids is 1.